The number of aliphatic hydroxyl groups excluding tert-OH is 1. The van der Waals surface area contributed by atoms with Gasteiger partial charge < -0.3 is 24.6 Å². The van der Waals surface area contributed by atoms with Gasteiger partial charge in [-0.2, -0.15) is 0 Å². The molecule has 36 heavy (non-hydrogen) atoms. The van der Waals surface area contributed by atoms with Crippen LogP contribution in [-0.2, 0) is 22.5 Å². The summed E-state index contributed by atoms with van der Waals surface area (Å²) in [5.41, 5.74) is 0.967. The number of aliphatic hydroxyl groups is 1. The maximum atomic E-state index is 13.5. The van der Waals surface area contributed by atoms with Crippen molar-refractivity contribution in [2.24, 2.45) is 28.6 Å². The first-order valence-corrected chi connectivity index (χ1v) is 13.4. The highest BCUT2D eigenvalue weighted by molar-refractivity contribution is 6.02. The van der Waals surface area contributed by atoms with Crippen molar-refractivity contribution in [3.8, 4) is 11.5 Å². The summed E-state index contributed by atoms with van der Waals surface area (Å²) in [7, 11) is 1.34. The van der Waals surface area contributed by atoms with E-state index < -0.39 is 17.6 Å². The SMILES string of the molecule is COC(=O)C(C(C)C)N1Cc2c(cc(O)c3c2OC2(C3)C(C)CCC3C(C)(C)C(O)CCC32C)C1=O. The zero-order chi connectivity index (χ0) is 26.4. The van der Waals surface area contributed by atoms with Crippen molar-refractivity contribution >= 4 is 11.9 Å². The first-order chi connectivity index (χ1) is 16.8. The van der Waals surface area contributed by atoms with Crippen LogP contribution in [0, 0.1) is 28.6 Å². The number of methoxy groups -OCH3 is 1. The number of rotatable bonds is 3. The Balaban J connectivity index is 1.58. The minimum atomic E-state index is -0.709. The van der Waals surface area contributed by atoms with E-state index in [4.69, 9.17) is 9.47 Å². The van der Waals surface area contributed by atoms with Crippen LogP contribution in [0.15, 0.2) is 6.07 Å². The Morgan fingerprint density at radius 2 is 1.89 bits per heavy atom. The Kier molecular flexibility index (Phi) is 5.71. The van der Waals surface area contributed by atoms with Gasteiger partial charge in [0.25, 0.3) is 5.91 Å². The van der Waals surface area contributed by atoms with Crippen molar-refractivity contribution < 1.29 is 29.3 Å². The molecule has 2 aliphatic carbocycles. The predicted octanol–water partition coefficient (Wildman–Crippen LogP) is 4.45. The zero-order valence-corrected chi connectivity index (χ0v) is 22.7. The number of benzene rings is 1. The van der Waals surface area contributed by atoms with Crippen LogP contribution in [-0.4, -0.2) is 51.8 Å². The number of hydrogen-bond acceptors (Lipinski definition) is 6. The fourth-order valence-electron chi connectivity index (χ4n) is 8.40. The summed E-state index contributed by atoms with van der Waals surface area (Å²) >= 11 is 0. The molecule has 1 aromatic rings. The molecule has 0 bridgehead atoms. The third-order valence-corrected chi connectivity index (χ3v) is 10.5. The molecule has 2 fully saturated rings. The summed E-state index contributed by atoms with van der Waals surface area (Å²) in [5, 5.41) is 22.0. The summed E-state index contributed by atoms with van der Waals surface area (Å²) in [6.45, 7) is 13.0. The highest BCUT2D eigenvalue weighted by atomic mass is 16.5. The number of nitrogens with zero attached hydrogens (tertiary/aromatic N) is 1. The molecular weight excluding hydrogens is 458 g/mol. The van der Waals surface area contributed by atoms with Gasteiger partial charge in [0, 0.05) is 23.0 Å². The monoisotopic (exact) mass is 499 g/mol. The lowest BCUT2D eigenvalue weighted by atomic mass is 9.43. The Morgan fingerprint density at radius 1 is 1.19 bits per heavy atom. The normalized spacial score (nSPS) is 35.3. The van der Waals surface area contributed by atoms with Gasteiger partial charge in [-0.3, -0.25) is 4.79 Å². The van der Waals surface area contributed by atoms with Crippen molar-refractivity contribution in [3.05, 3.63) is 22.8 Å². The summed E-state index contributed by atoms with van der Waals surface area (Å²) in [6.07, 6.45) is 3.83. The van der Waals surface area contributed by atoms with Gasteiger partial charge in [-0.1, -0.05) is 41.5 Å². The van der Waals surface area contributed by atoms with E-state index in [9.17, 15) is 19.8 Å². The van der Waals surface area contributed by atoms with Gasteiger partial charge in [0.05, 0.1) is 25.3 Å². The lowest BCUT2D eigenvalue weighted by Gasteiger charge is -2.64. The zero-order valence-electron chi connectivity index (χ0n) is 22.7. The number of carbonyl (C=O) groups excluding carboxylic acids is 2. The van der Waals surface area contributed by atoms with Gasteiger partial charge in [-0.05, 0) is 54.9 Å². The Bertz CT molecular complexity index is 1110. The molecule has 0 aromatic heterocycles. The van der Waals surface area contributed by atoms with E-state index in [0.29, 0.717) is 17.7 Å². The van der Waals surface area contributed by atoms with Crippen molar-refractivity contribution in [1.29, 1.82) is 0 Å². The van der Waals surface area contributed by atoms with Gasteiger partial charge >= 0.3 is 5.97 Å². The number of hydrogen-bond donors (Lipinski definition) is 2. The second-order valence-electron chi connectivity index (χ2n) is 12.9. The van der Waals surface area contributed by atoms with Crippen LogP contribution < -0.4 is 4.74 Å². The van der Waals surface area contributed by atoms with Crippen LogP contribution in [0.2, 0.25) is 0 Å². The Morgan fingerprint density at radius 3 is 2.53 bits per heavy atom. The smallest absolute Gasteiger partial charge is 0.328 e. The van der Waals surface area contributed by atoms with Gasteiger partial charge in [0.1, 0.15) is 23.1 Å². The molecule has 0 radical (unpaired) electrons. The molecule has 1 amide bonds. The van der Waals surface area contributed by atoms with E-state index in [2.05, 4.69) is 27.7 Å². The molecule has 7 heteroatoms. The number of carbonyl (C=O) groups is 2. The largest absolute Gasteiger partial charge is 0.508 e. The molecule has 6 atom stereocenters. The molecular formula is C29H41NO6. The van der Waals surface area contributed by atoms with Crippen LogP contribution in [0.4, 0.5) is 0 Å². The highest BCUT2D eigenvalue weighted by Crippen LogP contribution is 2.67. The van der Waals surface area contributed by atoms with Gasteiger partial charge in [-0.15, -0.1) is 0 Å². The molecule has 7 nitrogen and oxygen atoms in total. The van der Waals surface area contributed by atoms with E-state index in [0.717, 1.165) is 36.8 Å². The molecule has 6 unspecified atom stereocenters. The minimum absolute atomic E-state index is 0.0861. The Hall–Kier alpha value is -2.28. The second kappa shape index (κ2) is 8.11. The van der Waals surface area contributed by atoms with Crippen LogP contribution in [0.3, 0.4) is 0 Å². The lowest BCUT2D eigenvalue weighted by Crippen LogP contribution is -2.66. The predicted molar refractivity (Wildman–Crippen MR) is 135 cm³/mol. The van der Waals surface area contributed by atoms with Gasteiger partial charge in [0.15, 0.2) is 0 Å². The van der Waals surface area contributed by atoms with Crippen molar-refractivity contribution in [3.63, 3.8) is 0 Å². The number of phenols is 1. The number of phenolic OH excluding ortho intramolecular Hbond substituents is 1. The molecule has 0 saturated heterocycles. The number of ether oxygens (including phenoxy) is 2. The van der Waals surface area contributed by atoms with Crippen molar-refractivity contribution in [1.82, 2.24) is 4.90 Å². The maximum absolute atomic E-state index is 13.5. The van der Waals surface area contributed by atoms with E-state index in [1.54, 1.807) is 11.0 Å². The standard InChI is InChI=1S/C29H41NO6/c1-15(2)23(26(34)35-7)30-14-19-17(25(30)33)12-20(31)18-13-29(36-24(18)19)16(3)8-9-21-27(4,5)22(32)10-11-28(21,29)6/h12,15-16,21-23,31-32H,8-11,13-14H2,1-7H3. The molecule has 2 heterocycles. The number of fused-ring (bicyclic) bond motifs is 5. The average molecular weight is 500 g/mol. The quantitative estimate of drug-likeness (QED) is 0.597. The Labute approximate surface area is 214 Å². The van der Waals surface area contributed by atoms with E-state index in [1.807, 2.05) is 13.8 Å². The van der Waals surface area contributed by atoms with E-state index in [1.165, 1.54) is 7.11 Å². The fraction of sp³-hybridized carbons (Fsp3) is 0.724. The number of amides is 1. The molecule has 2 saturated carbocycles. The third kappa shape index (κ3) is 3.13. The van der Waals surface area contributed by atoms with Gasteiger partial charge in [0.2, 0.25) is 0 Å². The molecule has 5 rings (SSSR count). The number of esters is 1. The number of aromatic hydroxyl groups is 1. The topological polar surface area (TPSA) is 96.3 Å². The molecule has 2 N–H and O–H groups in total. The van der Waals surface area contributed by atoms with Crippen LogP contribution >= 0.6 is 0 Å². The summed E-state index contributed by atoms with van der Waals surface area (Å²) < 4.78 is 12.1. The minimum Gasteiger partial charge on any atom is -0.508 e. The van der Waals surface area contributed by atoms with E-state index in [-0.39, 0.29) is 52.9 Å². The molecule has 2 aliphatic heterocycles. The fourth-order valence-corrected chi connectivity index (χ4v) is 8.40. The second-order valence-corrected chi connectivity index (χ2v) is 12.9. The summed E-state index contributed by atoms with van der Waals surface area (Å²) in [4.78, 5) is 27.6. The maximum Gasteiger partial charge on any atom is 0.328 e. The van der Waals surface area contributed by atoms with Crippen molar-refractivity contribution in [2.75, 3.05) is 7.11 Å². The van der Waals surface area contributed by atoms with Crippen molar-refractivity contribution in [2.45, 2.75) is 97.9 Å². The average Bonchev–Trinajstić information content (AvgIpc) is 3.36. The summed E-state index contributed by atoms with van der Waals surface area (Å²) in [5.74, 6) is 0.381. The van der Waals surface area contributed by atoms with Crippen LogP contribution in [0.5, 0.6) is 11.5 Å². The highest BCUT2D eigenvalue weighted by Gasteiger charge is 2.67. The van der Waals surface area contributed by atoms with Crippen LogP contribution in [0.1, 0.15) is 88.7 Å². The third-order valence-electron chi connectivity index (χ3n) is 10.5. The first-order valence-electron chi connectivity index (χ1n) is 13.4. The first kappa shape index (κ1) is 25.4. The van der Waals surface area contributed by atoms with Crippen LogP contribution in [0.25, 0.3) is 0 Å². The molecule has 1 aromatic carbocycles. The summed E-state index contributed by atoms with van der Waals surface area (Å²) in [6, 6.07) is 0.856. The molecule has 4 aliphatic rings. The van der Waals surface area contributed by atoms with Gasteiger partial charge in [-0.25, -0.2) is 4.79 Å². The lowest BCUT2D eigenvalue weighted by molar-refractivity contribution is -0.210. The molecule has 1 spiro atoms. The molecule has 198 valence electrons. The van der Waals surface area contributed by atoms with E-state index >= 15 is 0 Å².